The molecule has 0 amide bonds. The maximum Gasteiger partial charge on any atom is 0.200 e. The Morgan fingerprint density at radius 3 is 1.19 bits per heavy atom. The molecule has 0 saturated heterocycles. The summed E-state index contributed by atoms with van der Waals surface area (Å²) in [5.74, 6) is -1.09. The van der Waals surface area contributed by atoms with Gasteiger partial charge in [-0.25, -0.2) is 0 Å². The molecular formula is C15H18O6. The van der Waals surface area contributed by atoms with E-state index in [0.717, 1.165) is 0 Å². The highest BCUT2D eigenvalue weighted by Gasteiger charge is 2.01. The fourth-order valence-corrected chi connectivity index (χ4v) is 1.63. The second-order valence-corrected chi connectivity index (χ2v) is 4.28. The van der Waals surface area contributed by atoms with Crippen LogP contribution in [0, 0.1) is 0 Å². The van der Waals surface area contributed by atoms with Crippen LogP contribution in [0.5, 0.6) is 17.2 Å². The van der Waals surface area contributed by atoms with E-state index in [1.54, 1.807) is 18.2 Å². The summed E-state index contributed by atoms with van der Waals surface area (Å²) in [6.45, 7) is -0.206. The van der Waals surface area contributed by atoms with Crippen LogP contribution in [0.25, 0.3) is 0 Å². The zero-order valence-electron chi connectivity index (χ0n) is 11.3. The molecular weight excluding hydrogens is 276 g/mol. The minimum Gasteiger partial charge on any atom is -0.504 e. The van der Waals surface area contributed by atoms with E-state index in [4.69, 9.17) is 30.6 Å². The van der Waals surface area contributed by atoms with Gasteiger partial charge in [0.2, 0.25) is 0 Å². The lowest BCUT2D eigenvalue weighted by Crippen LogP contribution is -1.93. The number of aliphatic hydroxyl groups is 3. The van der Waals surface area contributed by atoms with Crippen molar-refractivity contribution in [3.63, 3.8) is 0 Å². The molecule has 6 heteroatoms. The topological polar surface area (TPSA) is 121 Å². The van der Waals surface area contributed by atoms with Crippen molar-refractivity contribution in [3.8, 4) is 17.2 Å². The summed E-state index contributed by atoms with van der Waals surface area (Å²) >= 11 is 0. The zero-order valence-corrected chi connectivity index (χ0v) is 11.3. The van der Waals surface area contributed by atoms with Gasteiger partial charge < -0.3 is 30.6 Å². The third kappa shape index (κ3) is 4.96. The lowest BCUT2D eigenvalue weighted by Gasteiger charge is -2.03. The van der Waals surface area contributed by atoms with E-state index in [1.165, 1.54) is 18.2 Å². The van der Waals surface area contributed by atoms with Crippen LogP contribution in [0.2, 0.25) is 0 Å². The van der Waals surface area contributed by atoms with E-state index < -0.39 is 5.75 Å². The highest BCUT2D eigenvalue weighted by molar-refractivity contribution is 5.47. The monoisotopic (exact) mass is 294 g/mol. The Bertz CT molecular complexity index is 507. The average molecular weight is 294 g/mol. The quantitative estimate of drug-likeness (QED) is 0.469. The van der Waals surface area contributed by atoms with Gasteiger partial charge in [0, 0.05) is 0 Å². The second kappa shape index (κ2) is 8.11. The van der Waals surface area contributed by atoms with Crippen LogP contribution >= 0.6 is 0 Å². The van der Waals surface area contributed by atoms with Crippen LogP contribution in [0.4, 0.5) is 0 Å². The summed E-state index contributed by atoms with van der Waals surface area (Å²) < 4.78 is 0. The Labute approximate surface area is 121 Å². The first-order valence-electron chi connectivity index (χ1n) is 6.16. The minimum absolute atomic E-state index is 0.0686. The van der Waals surface area contributed by atoms with E-state index in [-0.39, 0.29) is 31.3 Å². The molecule has 6 N–H and O–H groups in total. The molecule has 2 rings (SSSR count). The van der Waals surface area contributed by atoms with Gasteiger partial charge in [-0.1, -0.05) is 24.3 Å². The molecule has 0 heterocycles. The third-order valence-electron chi connectivity index (χ3n) is 2.65. The second-order valence-electron chi connectivity index (χ2n) is 4.28. The number of phenolic OH excluding ortho intramolecular Hbond substituents is 3. The molecule has 0 aliphatic rings. The molecule has 0 fully saturated rings. The molecule has 0 unspecified atom stereocenters. The van der Waals surface area contributed by atoms with Crippen LogP contribution in [0.3, 0.4) is 0 Å². The van der Waals surface area contributed by atoms with Crippen LogP contribution in [0.1, 0.15) is 16.7 Å². The van der Waals surface area contributed by atoms with E-state index in [9.17, 15) is 0 Å². The molecule has 114 valence electrons. The van der Waals surface area contributed by atoms with Gasteiger partial charge in [-0.15, -0.1) is 0 Å². The van der Waals surface area contributed by atoms with Gasteiger partial charge in [0.25, 0.3) is 0 Å². The van der Waals surface area contributed by atoms with Gasteiger partial charge in [-0.05, 0) is 28.8 Å². The Morgan fingerprint density at radius 1 is 0.619 bits per heavy atom. The van der Waals surface area contributed by atoms with Gasteiger partial charge in [0.05, 0.1) is 19.8 Å². The minimum atomic E-state index is -0.475. The number of aromatic hydroxyl groups is 3. The Morgan fingerprint density at radius 2 is 0.952 bits per heavy atom. The summed E-state index contributed by atoms with van der Waals surface area (Å²) in [6.07, 6.45) is 0. The number of para-hydroxylation sites is 1. The standard InChI is InChI=1S/C9H12O3.C6H6O3/c10-4-7-1-8(5-11)3-9(2-7)6-12;7-4-2-1-3-5(8)6(4)9/h1-3,10-12H,4-6H2;1-3,7-9H. The molecule has 0 spiro atoms. The third-order valence-corrected chi connectivity index (χ3v) is 2.65. The number of rotatable bonds is 3. The Kier molecular flexibility index (Phi) is 6.48. The molecule has 0 atom stereocenters. The maximum atomic E-state index is 8.81. The molecule has 6 nitrogen and oxygen atoms in total. The number of hydrogen-bond acceptors (Lipinski definition) is 6. The Hall–Kier alpha value is -2.28. The van der Waals surface area contributed by atoms with E-state index in [1.807, 2.05) is 0 Å². The van der Waals surface area contributed by atoms with Crippen molar-refractivity contribution in [1.82, 2.24) is 0 Å². The molecule has 0 aromatic heterocycles. The average Bonchev–Trinajstić information content (AvgIpc) is 2.52. The lowest BCUT2D eigenvalue weighted by molar-refractivity contribution is 0.269. The van der Waals surface area contributed by atoms with Crippen LogP contribution < -0.4 is 0 Å². The van der Waals surface area contributed by atoms with Crippen molar-refractivity contribution in [1.29, 1.82) is 0 Å². The fourth-order valence-electron chi connectivity index (χ4n) is 1.63. The first kappa shape index (κ1) is 16.8. The summed E-state index contributed by atoms with van der Waals surface area (Å²) in [7, 11) is 0. The predicted molar refractivity (Wildman–Crippen MR) is 75.6 cm³/mol. The maximum absolute atomic E-state index is 8.81. The zero-order chi connectivity index (χ0) is 15.8. The van der Waals surface area contributed by atoms with Crippen molar-refractivity contribution >= 4 is 0 Å². The van der Waals surface area contributed by atoms with Crippen LogP contribution in [-0.2, 0) is 19.8 Å². The van der Waals surface area contributed by atoms with Crippen molar-refractivity contribution in [3.05, 3.63) is 53.1 Å². The number of phenols is 3. The summed E-state index contributed by atoms with van der Waals surface area (Å²) in [4.78, 5) is 0. The van der Waals surface area contributed by atoms with Crippen molar-refractivity contribution in [2.45, 2.75) is 19.8 Å². The number of aliphatic hydroxyl groups excluding tert-OH is 3. The van der Waals surface area contributed by atoms with E-state index >= 15 is 0 Å². The SMILES string of the molecule is OCc1cc(CO)cc(CO)c1.Oc1cccc(O)c1O. The molecule has 0 bridgehead atoms. The Balaban J connectivity index is 0.000000219. The first-order chi connectivity index (χ1) is 10.0. The van der Waals surface area contributed by atoms with Gasteiger partial charge in [-0.2, -0.15) is 0 Å². The molecule has 0 aliphatic heterocycles. The van der Waals surface area contributed by atoms with E-state index in [2.05, 4.69) is 0 Å². The molecule has 2 aromatic carbocycles. The predicted octanol–water partition coefficient (Wildman–Crippen LogP) is 0.967. The summed E-state index contributed by atoms with van der Waals surface area (Å²) in [5.41, 5.74) is 2.14. The largest absolute Gasteiger partial charge is 0.504 e. The highest BCUT2D eigenvalue weighted by atomic mass is 16.3. The molecule has 0 radical (unpaired) electrons. The molecule has 21 heavy (non-hydrogen) atoms. The van der Waals surface area contributed by atoms with Gasteiger partial charge in [0.1, 0.15) is 0 Å². The first-order valence-corrected chi connectivity index (χ1v) is 6.16. The smallest absolute Gasteiger partial charge is 0.200 e. The summed E-state index contributed by atoms with van der Waals surface area (Å²) in [5, 5.41) is 52.5. The van der Waals surface area contributed by atoms with Crippen LogP contribution in [0.15, 0.2) is 36.4 Å². The fraction of sp³-hybridized carbons (Fsp3) is 0.200. The molecule has 0 aliphatic carbocycles. The molecule has 0 saturated carbocycles. The van der Waals surface area contributed by atoms with Gasteiger partial charge in [-0.3, -0.25) is 0 Å². The number of hydrogen-bond donors (Lipinski definition) is 6. The highest BCUT2D eigenvalue weighted by Crippen LogP contribution is 2.32. The number of benzene rings is 2. The van der Waals surface area contributed by atoms with E-state index in [0.29, 0.717) is 16.7 Å². The van der Waals surface area contributed by atoms with Gasteiger partial charge >= 0.3 is 0 Å². The summed E-state index contributed by atoms with van der Waals surface area (Å²) in [6, 6.07) is 9.13. The van der Waals surface area contributed by atoms with Crippen molar-refractivity contribution in [2.75, 3.05) is 0 Å². The van der Waals surface area contributed by atoms with Crippen LogP contribution in [-0.4, -0.2) is 30.6 Å². The molecule has 2 aromatic rings. The lowest BCUT2D eigenvalue weighted by atomic mass is 10.1. The van der Waals surface area contributed by atoms with Crippen molar-refractivity contribution in [2.24, 2.45) is 0 Å². The van der Waals surface area contributed by atoms with Gasteiger partial charge in [0.15, 0.2) is 17.2 Å². The van der Waals surface area contributed by atoms with Crippen molar-refractivity contribution < 1.29 is 30.6 Å². The normalized spacial score (nSPS) is 9.86.